The van der Waals surface area contributed by atoms with Crippen LogP contribution in [-0.4, -0.2) is 5.11 Å². The first-order chi connectivity index (χ1) is 4.20. The van der Waals surface area contributed by atoms with Gasteiger partial charge >= 0.3 is 0 Å². The molecule has 9 heavy (non-hydrogen) atoms. The number of aryl methyl sites for hydroxylation is 1. The van der Waals surface area contributed by atoms with E-state index in [4.69, 9.17) is 5.11 Å². The van der Waals surface area contributed by atoms with Crippen molar-refractivity contribution in [3.8, 4) is 5.75 Å². The van der Waals surface area contributed by atoms with E-state index in [1.165, 1.54) is 0 Å². The molecule has 1 aromatic carbocycles. The second-order valence-electron chi connectivity index (χ2n) is 1.95. The molecule has 0 aliphatic heterocycles. The zero-order valence-electron chi connectivity index (χ0n) is 5.06. The second kappa shape index (κ2) is 2.56. The van der Waals surface area contributed by atoms with Crippen LogP contribution in [-0.2, 0) is 0 Å². The number of aromatic hydroxyl groups is 1. The Kier molecular flexibility index (Phi) is 1.95. The minimum absolute atomic E-state index is 0.371. The number of phenols is 1. The lowest BCUT2D eigenvalue weighted by atomic mass is 10.2. The molecule has 0 unspecified atom stereocenters. The fourth-order valence-electron chi connectivity index (χ4n) is 0.623. The maximum Gasteiger partial charge on any atom is 0.129 e. The van der Waals surface area contributed by atoms with E-state index in [2.05, 4.69) is 22.6 Å². The zero-order chi connectivity index (χ0) is 6.85. The van der Waals surface area contributed by atoms with Gasteiger partial charge in [0.25, 0.3) is 0 Å². The van der Waals surface area contributed by atoms with Gasteiger partial charge in [0.2, 0.25) is 0 Å². The number of rotatable bonds is 0. The van der Waals surface area contributed by atoms with Gasteiger partial charge in [0.15, 0.2) is 0 Å². The van der Waals surface area contributed by atoms with E-state index in [1.54, 1.807) is 6.07 Å². The van der Waals surface area contributed by atoms with Crippen LogP contribution in [0.1, 0.15) is 5.56 Å². The van der Waals surface area contributed by atoms with E-state index in [0.29, 0.717) is 5.75 Å². The molecule has 2 heteroatoms. The van der Waals surface area contributed by atoms with Gasteiger partial charge in [-0.3, -0.25) is 0 Å². The summed E-state index contributed by atoms with van der Waals surface area (Å²) in [7, 11) is 0. The first kappa shape index (κ1) is 6.86. The van der Waals surface area contributed by atoms with Gasteiger partial charge in [0.1, 0.15) is 5.75 Å². The molecule has 0 heterocycles. The van der Waals surface area contributed by atoms with Crippen molar-refractivity contribution in [1.82, 2.24) is 0 Å². The average Bonchev–Trinajstić information content (AvgIpc) is 1.80. The Morgan fingerprint density at radius 1 is 1.44 bits per heavy atom. The largest absolute Gasteiger partial charge is 0.507 e. The number of phenolic OH excluding ortho intramolecular Hbond substituents is 1. The summed E-state index contributed by atoms with van der Waals surface area (Å²) in [4.78, 5) is 0. The highest BCUT2D eigenvalue weighted by Gasteiger charge is 1.93. The fraction of sp³-hybridized carbons (Fsp3) is 0.143. The van der Waals surface area contributed by atoms with Gasteiger partial charge in [-0.2, -0.15) is 0 Å². The highest BCUT2D eigenvalue weighted by atomic mass is 127. The van der Waals surface area contributed by atoms with Crippen LogP contribution >= 0.6 is 22.6 Å². The smallest absolute Gasteiger partial charge is 0.129 e. The molecule has 0 amide bonds. The predicted molar refractivity (Wildman–Crippen MR) is 45.6 cm³/mol. The van der Waals surface area contributed by atoms with E-state index >= 15 is 0 Å². The summed E-state index contributed by atoms with van der Waals surface area (Å²) in [5.74, 6) is 0.371. The van der Waals surface area contributed by atoms with Gasteiger partial charge in [-0.1, -0.05) is 6.07 Å². The van der Waals surface area contributed by atoms with Crippen LogP contribution in [0, 0.1) is 10.5 Å². The van der Waals surface area contributed by atoms with Crippen molar-refractivity contribution in [1.29, 1.82) is 0 Å². The molecule has 1 nitrogen and oxygen atoms in total. The van der Waals surface area contributed by atoms with Crippen molar-refractivity contribution in [3.05, 3.63) is 27.3 Å². The summed E-state index contributed by atoms with van der Waals surface area (Å²) >= 11 is 2.09. The van der Waals surface area contributed by atoms with Crippen LogP contribution in [0.25, 0.3) is 0 Å². The topological polar surface area (TPSA) is 20.2 Å². The van der Waals surface area contributed by atoms with E-state index in [-0.39, 0.29) is 0 Å². The third-order valence-corrected chi connectivity index (χ3v) is 2.01. The van der Waals surface area contributed by atoms with E-state index in [9.17, 15) is 0 Å². The van der Waals surface area contributed by atoms with Crippen LogP contribution in [0.4, 0.5) is 0 Å². The average molecular weight is 234 g/mol. The van der Waals surface area contributed by atoms with Gasteiger partial charge in [-0.25, -0.2) is 0 Å². The van der Waals surface area contributed by atoms with E-state index in [1.807, 2.05) is 19.1 Å². The molecule has 0 bridgehead atoms. The summed E-state index contributed by atoms with van der Waals surface area (Å²) in [5.41, 5.74) is 1.09. The van der Waals surface area contributed by atoms with Crippen LogP contribution in [0.3, 0.4) is 0 Å². The molecule has 0 radical (unpaired) electrons. The van der Waals surface area contributed by atoms with Crippen LogP contribution < -0.4 is 0 Å². The zero-order valence-corrected chi connectivity index (χ0v) is 7.21. The molecule has 0 spiro atoms. The molecule has 0 saturated heterocycles. The minimum atomic E-state index is 0.371. The molecule has 0 aliphatic rings. The molecular formula is C7H7IO. The molecule has 0 saturated carbocycles. The lowest BCUT2D eigenvalue weighted by Gasteiger charge is -1.95. The highest BCUT2D eigenvalue weighted by molar-refractivity contribution is 14.1. The third kappa shape index (κ3) is 1.58. The number of hydrogen-bond acceptors (Lipinski definition) is 1. The SMILES string of the molecule is Cc1ccc(I)c(O)c1. The van der Waals surface area contributed by atoms with Crippen molar-refractivity contribution < 1.29 is 5.11 Å². The molecule has 1 aromatic rings. The summed E-state index contributed by atoms with van der Waals surface area (Å²) in [6, 6.07) is 5.62. The summed E-state index contributed by atoms with van der Waals surface area (Å²) in [6.07, 6.45) is 0. The quantitative estimate of drug-likeness (QED) is 0.683. The van der Waals surface area contributed by atoms with E-state index in [0.717, 1.165) is 9.13 Å². The third-order valence-electron chi connectivity index (χ3n) is 1.10. The highest BCUT2D eigenvalue weighted by Crippen LogP contribution is 2.19. The van der Waals surface area contributed by atoms with Gasteiger partial charge in [0, 0.05) is 0 Å². The second-order valence-corrected chi connectivity index (χ2v) is 3.12. The van der Waals surface area contributed by atoms with Crippen LogP contribution in [0.5, 0.6) is 5.75 Å². The lowest BCUT2D eigenvalue weighted by Crippen LogP contribution is -1.74. The first-order valence-electron chi connectivity index (χ1n) is 2.65. The summed E-state index contributed by atoms with van der Waals surface area (Å²) in [5, 5.41) is 9.09. The van der Waals surface area contributed by atoms with Crippen LogP contribution in [0.2, 0.25) is 0 Å². The molecule has 48 valence electrons. The normalized spacial score (nSPS) is 9.56. The lowest BCUT2D eigenvalue weighted by molar-refractivity contribution is 0.471. The molecule has 0 atom stereocenters. The predicted octanol–water partition coefficient (Wildman–Crippen LogP) is 2.31. The number of halogens is 1. The van der Waals surface area contributed by atoms with Crippen molar-refractivity contribution in [2.45, 2.75) is 6.92 Å². The maximum absolute atomic E-state index is 9.09. The van der Waals surface area contributed by atoms with Gasteiger partial charge in [0.05, 0.1) is 3.57 Å². The van der Waals surface area contributed by atoms with Gasteiger partial charge in [-0.15, -0.1) is 0 Å². The standard InChI is InChI=1S/C7H7IO/c1-5-2-3-6(8)7(9)4-5/h2-4,9H,1H3. The first-order valence-corrected chi connectivity index (χ1v) is 3.73. The minimum Gasteiger partial charge on any atom is -0.507 e. The Hall–Kier alpha value is -0.250. The van der Waals surface area contributed by atoms with Gasteiger partial charge < -0.3 is 5.11 Å². The Morgan fingerprint density at radius 3 is 2.56 bits per heavy atom. The van der Waals surface area contributed by atoms with Crippen molar-refractivity contribution in [2.24, 2.45) is 0 Å². The molecule has 0 fully saturated rings. The monoisotopic (exact) mass is 234 g/mol. The Morgan fingerprint density at radius 2 is 2.11 bits per heavy atom. The van der Waals surface area contributed by atoms with Crippen molar-refractivity contribution in [2.75, 3.05) is 0 Å². The molecule has 1 rings (SSSR count). The van der Waals surface area contributed by atoms with Crippen molar-refractivity contribution >= 4 is 22.6 Å². The molecule has 0 aromatic heterocycles. The number of benzene rings is 1. The van der Waals surface area contributed by atoms with Crippen LogP contribution in [0.15, 0.2) is 18.2 Å². The fourth-order valence-corrected chi connectivity index (χ4v) is 0.958. The Balaban J connectivity index is 3.17. The Labute approximate surface area is 67.9 Å². The summed E-state index contributed by atoms with van der Waals surface area (Å²) in [6.45, 7) is 1.95. The molecule has 1 N–H and O–H groups in total. The Bertz CT molecular complexity index is 220. The maximum atomic E-state index is 9.09. The van der Waals surface area contributed by atoms with Crippen molar-refractivity contribution in [3.63, 3.8) is 0 Å². The summed E-state index contributed by atoms with van der Waals surface area (Å²) < 4.78 is 0.901. The number of hydrogen-bond donors (Lipinski definition) is 1. The molecular weight excluding hydrogens is 227 g/mol. The van der Waals surface area contributed by atoms with Gasteiger partial charge in [-0.05, 0) is 47.2 Å². The molecule has 0 aliphatic carbocycles. The van der Waals surface area contributed by atoms with E-state index < -0.39 is 0 Å².